The summed E-state index contributed by atoms with van der Waals surface area (Å²) in [5.74, 6) is 1.04. The standard InChI is InChI=1S/C17H18N4OS/c1-3-12(2)13-6-8-14(9-7-13)15(22)11-21-19-17(18-20-21)16-5-4-10-23-16/h4-10,12H,3,11H2,1-2H3/t12-/m1/s1. The lowest BCUT2D eigenvalue weighted by Crippen LogP contribution is -2.13. The summed E-state index contributed by atoms with van der Waals surface area (Å²) in [7, 11) is 0. The van der Waals surface area contributed by atoms with Crippen LogP contribution in [-0.4, -0.2) is 26.0 Å². The molecule has 0 amide bonds. The number of tetrazole rings is 1. The molecule has 0 aliphatic rings. The first kappa shape index (κ1) is 15.6. The molecule has 5 nitrogen and oxygen atoms in total. The maximum atomic E-state index is 12.3. The van der Waals surface area contributed by atoms with Crippen LogP contribution in [0.25, 0.3) is 10.7 Å². The van der Waals surface area contributed by atoms with Gasteiger partial charge in [0.2, 0.25) is 5.82 Å². The van der Waals surface area contributed by atoms with Gasteiger partial charge in [-0.3, -0.25) is 4.79 Å². The van der Waals surface area contributed by atoms with Crippen LogP contribution in [-0.2, 0) is 6.54 Å². The lowest BCUT2D eigenvalue weighted by molar-refractivity contribution is 0.0961. The fourth-order valence-electron chi connectivity index (χ4n) is 2.27. The predicted molar refractivity (Wildman–Crippen MR) is 90.6 cm³/mol. The number of ketones is 1. The van der Waals surface area contributed by atoms with Crippen LogP contribution in [0.5, 0.6) is 0 Å². The summed E-state index contributed by atoms with van der Waals surface area (Å²) in [6, 6.07) is 11.7. The largest absolute Gasteiger partial charge is 0.292 e. The molecule has 0 bridgehead atoms. The number of aromatic nitrogens is 4. The summed E-state index contributed by atoms with van der Waals surface area (Å²) in [5.41, 5.74) is 1.93. The minimum atomic E-state index is -0.0177. The number of benzene rings is 1. The number of hydrogen-bond acceptors (Lipinski definition) is 5. The molecule has 0 fully saturated rings. The van der Waals surface area contributed by atoms with Crippen molar-refractivity contribution in [3.05, 3.63) is 52.9 Å². The second kappa shape index (κ2) is 6.83. The Balaban J connectivity index is 1.69. The molecule has 2 aromatic heterocycles. The van der Waals surface area contributed by atoms with E-state index in [9.17, 15) is 4.79 Å². The van der Waals surface area contributed by atoms with Gasteiger partial charge in [0.15, 0.2) is 5.78 Å². The molecule has 1 atom stereocenters. The zero-order chi connectivity index (χ0) is 16.2. The molecule has 0 unspecified atom stereocenters. The third kappa shape index (κ3) is 3.53. The van der Waals surface area contributed by atoms with Crippen molar-refractivity contribution in [1.29, 1.82) is 0 Å². The van der Waals surface area contributed by atoms with Crippen molar-refractivity contribution < 1.29 is 4.79 Å². The molecule has 3 rings (SSSR count). The van der Waals surface area contributed by atoms with E-state index in [1.807, 2.05) is 41.8 Å². The highest BCUT2D eigenvalue weighted by Crippen LogP contribution is 2.20. The molecule has 0 saturated carbocycles. The number of thiophene rings is 1. The van der Waals surface area contributed by atoms with Crippen molar-refractivity contribution in [2.24, 2.45) is 0 Å². The fraction of sp³-hybridized carbons (Fsp3) is 0.294. The normalized spacial score (nSPS) is 12.3. The van der Waals surface area contributed by atoms with Crippen LogP contribution in [0.4, 0.5) is 0 Å². The van der Waals surface area contributed by atoms with E-state index in [0.29, 0.717) is 17.3 Å². The van der Waals surface area contributed by atoms with Crippen LogP contribution < -0.4 is 0 Å². The van der Waals surface area contributed by atoms with Gasteiger partial charge >= 0.3 is 0 Å². The maximum Gasteiger partial charge on any atom is 0.214 e. The van der Waals surface area contributed by atoms with Gasteiger partial charge in [-0.05, 0) is 34.6 Å². The molecule has 6 heteroatoms. The first-order valence-electron chi connectivity index (χ1n) is 7.62. The highest BCUT2D eigenvalue weighted by molar-refractivity contribution is 7.13. The Morgan fingerprint density at radius 2 is 2.04 bits per heavy atom. The summed E-state index contributed by atoms with van der Waals surface area (Å²) < 4.78 is 0. The summed E-state index contributed by atoms with van der Waals surface area (Å²) in [6.07, 6.45) is 1.08. The molecule has 0 aliphatic heterocycles. The van der Waals surface area contributed by atoms with Gasteiger partial charge in [-0.2, -0.15) is 4.80 Å². The van der Waals surface area contributed by atoms with E-state index in [1.165, 1.54) is 10.4 Å². The van der Waals surface area contributed by atoms with Crippen LogP contribution in [0.1, 0.15) is 42.1 Å². The van der Waals surface area contributed by atoms with E-state index >= 15 is 0 Å². The summed E-state index contributed by atoms with van der Waals surface area (Å²) in [6.45, 7) is 4.44. The third-order valence-corrected chi connectivity index (χ3v) is 4.76. The average Bonchev–Trinajstić information content (AvgIpc) is 3.25. The topological polar surface area (TPSA) is 60.7 Å². The fourth-order valence-corrected chi connectivity index (χ4v) is 2.92. The highest BCUT2D eigenvalue weighted by atomic mass is 32.1. The van der Waals surface area contributed by atoms with Crippen LogP contribution in [0.15, 0.2) is 41.8 Å². The number of rotatable bonds is 6. The van der Waals surface area contributed by atoms with Gasteiger partial charge in [0.05, 0.1) is 4.88 Å². The molecule has 0 radical (unpaired) electrons. The second-order valence-electron chi connectivity index (χ2n) is 5.48. The van der Waals surface area contributed by atoms with Gasteiger partial charge in [0.25, 0.3) is 0 Å². The first-order valence-corrected chi connectivity index (χ1v) is 8.50. The SMILES string of the molecule is CC[C@@H](C)c1ccc(C(=O)Cn2nnc(-c3cccs3)n2)cc1. The molecular formula is C17H18N4OS. The predicted octanol–water partition coefficient (Wildman–Crippen LogP) is 3.80. The van der Waals surface area contributed by atoms with Crippen LogP contribution in [0.3, 0.4) is 0 Å². The lowest BCUT2D eigenvalue weighted by Gasteiger charge is -2.09. The molecule has 1 aromatic carbocycles. The van der Waals surface area contributed by atoms with Crippen molar-refractivity contribution in [1.82, 2.24) is 20.2 Å². The average molecular weight is 326 g/mol. The van der Waals surface area contributed by atoms with Crippen LogP contribution in [0.2, 0.25) is 0 Å². The monoisotopic (exact) mass is 326 g/mol. The highest BCUT2D eigenvalue weighted by Gasteiger charge is 2.12. The minimum absolute atomic E-state index is 0.0177. The zero-order valence-corrected chi connectivity index (χ0v) is 14.0. The molecular weight excluding hydrogens is 308 g/mol. The van der Waals surface area contributed by atoms with Gasteiger partial charge < -0.3 is 0 Å². The molecule has 23 heavy (non-hydrogen) atoms. The van der Waals surface area contributed by atoms with Gasteiger partial charge in [-0.1, -0.05) is 44.2 Å². The van der Waals surface area contributed by atoms with Crippen molar-refractivity contribution in [2.75, 3.05) is 0 Å². The Labute approximate surface area is 139 Å². The van der Waals surface area contributed by atoms with E-state index in [2.05, 4.69) is 29.3 Å². The molecule has 2 heterocycles. The van der Waals surface area contributed by atoms with E-state index in [4.69, 9.17) is 0 Å². The Morgan fingerprint density at radius 1 is 1.26 bits per heavy atom. The third-order valence-electron chi connectivity index (χ3n) is 3.89. The Morgan fingerprint density at radius 3 is 2.70 bits per heavy atom. The number of carbonyl (C=O) groups excluding carboxylic acids is 1. The molecule has 0 aliphatic carbocycles. The van der Waals surface area contributed by atoms with E-state index in [1.54, 1.807) is 11.3 Å². The zero-order valence-electron chi connectivity index (χ0n) is 13.1. The van der Waals surface area contributed by atoms with Gasteiger partial charge in [0.1, 0.15) is 6.54 Å². The smallest absolute Gasteiger partial charge is 0.214 e. The number of carbonyl (C=O) groups is 1. The van der Waals surface area contributed by atoms with E-state index in [-0.39, 0.29) is 12.3 Å². The van der Waals surface area contributed by atoms with Crippen molar-refractivity contribution in [2.45, 2.75) is 32.7 Å². The molecule has 3 aromatic rings. The molecule has 0 spiro atoms. The lowest BCUT2D eigenvalue weighted by atomic mass is 9.97. The number of hydrogen-bond donors (Lipinski definition) is 0. The van der Waals surface area contributed by atoms with Gasteiger partial charge in [0, 0.05) is 5.56 Å². The Bertz CT molecular complexity index is 777. The Kier molecular flexibility index (Phi) is 4.62. The molecule has 118 valence electrons. The second-order valence-corrected chi connectivity index (χ2v) is 6.42. The van der Waals surface area contributed by atoms with Gasteiger partial charge in [-0.15, -0.1) is 21.5 Å². The van der Waals surface area contributed by atoms with E-state index < -0.39 is 0 Å². The quantitative estimate of drug-likeness (QED) is 0.646. The maximum absolute atomic E-state index is 12.3. The first-order chi connectivity index (χ1) is 11.2. The summed E-state index contributed by atoms with van der Waals surface area (Å²) in [5, 5.41) is 14.2. The molecule has 0 saturated heterocycles. The number of nitrogens with zero attached hydrogens (tertiary/aromatic N) is 4. The molecule has 0 N–H and O–H groups in total. The Hall–Kier alpha value is -2.34. The van der Waals surface area contributed by atoms with Crippen molar-refractivity contribution in [3.8, 4) is 10.7 Å². The van der Waals surface area contributed by atoms with Crippen molar-refractivity contribution in [3.63, 3.8) is 0 Å². The van der Waals surface area contributed by atoms with Crippen molar-refractivity contribution >= 4 is 17.1 Å². The minimum Gasteiger partial charge on any atom is -0.292 e. The van der Waals surface area contributed by atoms with Crippen LogP contribution >= 0.6 is 11.3 Å². The van der Waals surface area contributed by atoms with E-state index in [0.717, 1.165) is 11.3 Å². The van der Waals surface area contributed by atoms with Crippen LogP contribution in [0, 0.1) is 0 Å². The number of Topliss-reactive ketones (excluding diaryl/α,β-unsaturated/α-hetero) is 1. The summed E-state index contributed by atoms with van der Waals surface area (Å²) >= 11 is 1.55. The van der Waals surface area contributed by atoms with Gasteiger partial charge in [-0.25, -0.2) is 0 Å². The summed E-state index contributed by atoms with van der Waals surface area (Å²) in [4.78, 5) is 14.6.